The molecule has 6 nitrogen and oxygen atoms in total. The fraction of sp³-hybridized carbons (Fsp3) is 0.385. The molecule has 0 aromatic heterocycles. The molecule has 0 aliphatic carbocycles. The van der Waals surface area contributed by atoms with Crippen molar-refractivity contribution in [1.29, 1.82) is 0 Å². The number of ether oxygens (including phenoxy) is 2. The van der Waals surface area contributed by atoms with Gasteiger partial charge in [-0.05, 0) is 24.1 Å². The van der Waals surface area contributed by atoms with Gasteiger partial charge >= 0.3 is 11.9 Å². The second-order valence-electron chi connectivity index (χ2n) is 4.11. The van der Waals surface area contributed by atoms with Crippen LogP contribution in [0, 0.1) is 5.82 Å². The van der Waals surface area contributed by atoms with Crippen molar-refractivity contribution in [1.82, 2.24) is 0 Å². The molecule has 0 aliphatic rings. The third-order valence-corrected chi connectivity index (χ3v) is 2.77. The van der Waals surface area contributed by atoms with Gasteiger partial charge in [0, 0.05) is 12.5 Å². The zero-order valence-corrected chi connectivity index (χ0v) is 11.2. The molecule has 1 aromatic carbocycles. The molecule has 1 rings (SSSR count). The normalized spacial score (nSPS) is 11.8. The van der Waals surface area contributed by atoms with Crippen LogP contribution >= 0.6 is 0 Å². The van der Waals surface area contributed by atoms with Crippen LogP contribution in [0.2, 0.25) is 0 Å². The lowest BCUT2D eigenvalue weighted by Gasteiger charge is -2.15. The Labute approximate surface area is 115 Å². The quantitative estimate of drug-likeness (QED) is 0.768. The van der Waals surface area contributed by atoms with E-state index in [1.165, 1.54) is 13.2 Å². The van der Waals surface area contributed by atoms with Gasteiger partial charge in [-0.15, -0.1) is 0 Å². The number of carbonyl (C=O) groups is 2. The average molecular weight is 285 g/mol. The first-order valence-corrected chi connectivity index (χ1v) is 5.83. The molecular weight excluding hydrogens is 269 g/mol. The maximum atomic E-state index is 13.9. The van der Waals surface area contributed by atoms with Gasteiger partial charge in [-0.1, -0.05) is 0 Å². The molecule has 1 aromatic rings. The van der Waals surface area contributed by atoms with Crippen LogP contribution in [0.5, 0.6) is 5.75 Å². The second kappa shape index (κ2) is 6.85. The predicted molar refractivity (Wildman–Crippen MR) is 68.1 cm³/mol. The van der Waals surface area contributed by atoms with Gasteiger partial charge in [0.15, 0.2) is 11.6 Å². The van der Waals surface area contributed by atoms with Crippen molar-refractivity contribution in [2.45, 2.75) is 18.9 Å². The fourth-order valence-corrected chi connectivity index (χ4v) is 1.74. The number of hydrogen-bond donors (Lipinski definition) is 2. The van der Waals surface area contributed by atoms with Crippen LogP contribution in [0.3, 0.4) is 0 Å². The van der Waals surface area contributed by atoms with Gasteiger partial charge < -0.3 is 20.3 Å². The molecule has 0 fully saturated rings. The minimum Gasteiger partial charge on any atom is -0.493 e. The summed E-state index contributed by atoms with van der Waals surface area (Å²) in [6, 6.07) is 1.77. The van der Waals surface area contributed by atoms with Crippen molar-refractivity contribution in [2.24, 2.45) is 5.73 Å². The molecule has 1 unspecified atom stereocenters. The van der Waals surface area contributed by atoms with Crippen molar-refractivity contribution in [3.63, 3.8) is 0 Å². The van der Waals surface area contributed by atoms with E-state index in [1.54, 1.807) is 0 Å². The van der Waals surface area contributed by atoms with Crippen LogP contribution in [0.25, 0.3) is 0 Å². The molecule has 3 N–H and O–H groups in total. The number of nitrogens with two attached hydrogens (primary N) is 1. The van der Waals surface area contributed by atoms with Gasteiger partial charge in [0.05, 0.1) is 14.2 Å². The Morgan fingerprint density at radius 1 is 1.40 bits per heavy atom. The molecule has 0 spiro atoms. The molecule has 1 atom stereocenters. The van der Waals surface area contributed by atoms with E-state index in [9.17, 15) is 14.0 Å². The van der Waals surface area contributed by atoms with Gasteiger partial charge in [0.2, 0.25) is 0 Å². The first kappa shape index (κ1) is 15.9. The molecule has 0 radical (unpaired) electrons. The Hall–Kier alpha value is -2.15. The summed E-state index contributed by atoms with van der Waals surface area (Å²) in [5.74, 6) is -2.74. The Balaban J connectivity index is 3.13. The van der Waals surface area contributed by atoms with Gasteiger partial charge in [-0.2, -0.15) is 0 Å². The molecule has 20 heavy (non-hydrogen) atoms. The smallest absolute Gasteiger partial charge is 0.341 e. The molecule has 0 saturated carbocycles. The Bertz CT molecular complexity index is 518. The van der Waals surface area contributed by atoms with Crippen molar-refractivity contribution < 1.29 is 28.6 Å². The third-order valence-electron chi connectivity index (χ3n) is 2.77. The topological polar surface area (TPSA) is 98.9 Å². The van der Waals surface area contributed by atoms with Crippen LogP contribution in [0.15, 0.2) is 12.1 Å². The average Bonchev–Trinajstić information content (AvgIpc) is 2.42. The number of aliphatic carboxylic acids is 1. The van der Waals surface area contributed by atoms with E-state index in [4.69, 9.17) is 15.6 Å². The van der Waals surface area contributed by atoms with Crippen LogP contribution in [0.1, 0.15) is 34.8 Å². The second-order valence-corrected chi connectivity index (χ2v) is 4.11. The maximum absolute atomic E-state index is 13.9. The van der Waals surface area contributed by atoms with E-state index in [1.807, 2.05) is 0 Å². The summed E-state index contributed by atoms with van der Waals surface area (Å²) >= 11 is 0. The van der Waals surface area contributed by atoms with E-state index in [0.717, 1.165) is 13.2 Å². The minimum atomic E-state index is -0.998. The molecule has 0 amide bonds. The number of benzene rings is 1. The zero-order chi connectivity index (χ0) is 15.3. The first-order chi connectivity index (χ1) is 9.40. The van der Waals surface area contributed by atoms with Gasteiger partial charge in [-0.3, -0.25) is 4.79 Å². The first-order valence-electron chi connectivity index (χ1n) is 5.83. The number of rotatable bonds is 6. The standard InChI is InChI=1S/C13H16FNO5/c1-19-12-8(13(18)20-2)5-7(6-9(12)14)10(15)3-4-11(16)17/h5-6,10H,3-4,15H2,1-2H3,(H,16,17). The molecule has 0 saturated heterocycles. The summed E-state index contributed by atoms with van der Waals surface area (Å²) in [4.78, 5) is 22.1. The lowest BCUT2D eigenvalue weighted by Crippen LogP contribution is -2.15. The van der Waals surface area contributed by atoms with Crippen molar-refractivity contribution >= 4 is 11.9 Å². The van der Waals surface area contributed by atoms with E-state index in [0.29, 0.717) is 5.56 Å². The Kier molecular flexibility index (Phi) is 5.45. The lowest BCUT2D eigenvalue weighted by molar-refractivity contribution is -0.137. The Morgan fingerprint density at radius 3 is 2.55 bits per heavy atom. The van der Waals surface area contributed by atoms with Crippen LogP contribution in [-0.4, -0.2) is 31.3 Å². The number of carboxylic acid groups (broad SMARTS) is 1. The summed E-state index contributed by atoms with van der Waals surface area (Å²) in [7, 11) is 2.39. The van der Waals surface area contributed by atoms with E-state index in [-0.39, 0.29) is 24.2 Å². The molecular formula is C13H16FNO5. The summed E-state index contributed by atoms with van der Waals surface area (Å²) in [5.41, 5.74) is 6.01. The Morgan fingerprint density at radius 2 is 2.05 bits per heavy atom. The third kappa shape index (κ3) is 3.67. The van der Waals surface area contributed by atoms with Crippen molar-refractivity contribution in [3.05, 3.63) is 29.1 Å². The predicted octanol–water partition coefficient (Wildman–Crippen LogP) is 1.49. The van der Waals surface area contributed by atoms with Gasteiger partial charge in [0.25, 0.3) is 0 Å². The van der Waals surface area contributed by atoms with Crippen LogP contribution < -0.4 is 10.5 Å². The highest BCUT2D eigenvalue weighted by atomic mass is 19.1. The van der Waals surface area contributed by atoms with Crippen LogP contribution in [-0.2, 0) is 9.53 Å². The maximum Gasteiger partial charge on any atom is 0.341 e. The fourth-order valence-electron chi connectivity index (χ4n) is 1.74. The van der Waals surface area contributed by atoms with E-state index in [2.05, 4.69) is 4.74 Å². The minimum absolute atomic E-state index is 0.0872. The zero-order valence-electron chi connectivity index (χ0n) is 11.2. The van der Waals surface area contributed by atoms with Gasteiger partial charge in [0.1, 0.15) is 5.56 Å². The summed E-state index contributed by atoms with van der Waals surface area (Å²) < 4.78 is 23.2. The molecule has 110 valence electrons. The largest absolute Gasteiger partial charge is 0.493 e. The monoisotopic (exact) mass is 285 g/mol. The number of carbonyl (C=O) groups excluding carboxylic acids is 1. The highest BCUT2D eigenvalue weighted by Gasteiger charge is 2.21. The highest BCUT2D eigenvalue weighted by molar-refractivity contribution is 5.92. The summed E-state index contributed by atoms with van der Waals surface area (Å²) in [6.45, 7) is 0. The molecule has 0 bridgehead atoms. The number of hydrogen-bond acceptors (Lipinski definition) is 5. The molecule has 7 heteroatoms. The van der Waals surface area contributed by atoms with Gasteiger partial charge in [-0.25, -0.2) is 9.18 Å². The summed E-state index contributed by atoms with van der Waals surface area (Å²) in [6.07, 6.45) is -0.0237. The highest BCUT2D eigenvalue weighted by Crippen LogP contribution is 2.28. The summed E-state index contributed by atoms with van der Waals surface area (Å²) in [5, 5.41) is 8.60. The number of halogens is 1. The number of esters is 1. The van der Waals surface area contributed by atoms with E-state index < -0.39 is 23.8 Å². The van der Waals surface area contributed by atoms with E-state index >= 15 is 0 Å². The number of methoxy groups -OCH3 is 2. The molecule has 0 heterocycles. The van der Waals surface area contributed by atoms with Crippen molar-refractivity contribution in [2.75, 3.05) is 14.2 Å². The number of carboxylic acids is 1. The van der Waals surface area contributed by atoms with Crippen LogP contribution in [0.4, 0.5) is 4.39 Å². The molecule has 0 aliphatic heterocycles. The SMILES string of the molecule is COC(=O)c1cc(C(N)CCC(=O)O)cc(F)c1OC. The van der Waals surface area contributed by atoms with Crippen molar-refractivity contribution in [3.8, 4) is 5.75 Å². The lowest BCUT2D eigenvalue weighted by atomic mass is 9.99.